The Kier molecular flexibility index (Phi) is 7.02. The molecule has 1 aliphatic rings. The van der Waals surface area contributed by atoms with E-state index in [0.29, 0.717) is 12.3 Å². The number of hydrogen-bond donors (Lipinski definition) is 0. The zero-order valence-corrected chi connectivity index (χ0v) is 21.6. The molecule has 1 aromatic heterocycles. The van der Waals surface area contributed by atoms with Gasteiger partial charge in [-0.15, -0.1) is 11.3 Å². The van der Waals surface area contributed by atoms with Crippen molar-refractivity contribution < 1.29 is 14.0 Å². The second kappa shape index (κ2) is 9.79. The molecule has 5 nitrogen and oxygen atoms in total. The summed E-state index contributed by atoms with van der Waals surface area (Å²) < 4.78 is 12.4. The molecule has 0 saturated carbocycles. The van der Waals surface area contributed by atoms with Gasteiger partial charge in [0.2, 0.25) is 0 Å². The number of aromatic nitrogens is 1. The lowest BCUT2D eigenvalue weighted by Crippen LogP contribution is -2.67. The molecule has 4 rings (SSSR count). The lowest BCUT2D eigenvalue weighted by Gasteiger charge is -2.44. The van der Waals surface area contributed by atoms with Crippen LogP contribution in [0.4, 0.5) is 5.13 Å². The van der Waals surface area contributed by atoms with E-state index in [-0.39, 0.29) is 17.1 Å². The number of carbonyl (C=O) groups is 1. The van der Waals surface area contributed by atoms with Gasteiger partial charge < -0.3 is 14.1 Å². The number of esters is 1. The molecular formula is C26H32N2O3SSi. The number of ether oxygens (including phenoxy) is 1. The molecule has 174 valence electrons. The lowest BCUT2D eigenvalue weighted by molar-refractivity contribution is 0.0520. The molecule has 1 aliphatic heterocycles. The SMILES string of the molecule is CCOC(=O)c1csc(N2CCC(O[Si](c3ccccc3)(c3ccccc3)C(C)(C)C)C2)n1. The molecule has 0 bridgehead atoms. The van der Waals surface area contributed by atoms with Crippen LogP contribution in [0.1, 0.15) is 44.6 Å². The Balaban J connectivity index is 1.63. The summed E-state index contributed by atoms with van der Waals surface area (Å²) in [6, 6.07) is 21.5. The van der Waals surface area contributed by atoms with Crippen LogP contribution in [0.3, 0.4) is 0 Å². The number of hydrogen-bond acceptors (Lipinski definition) is 6. The van der Waals surface area contributed by atoms with Gasteiger partial charge in [-0.3, -0.25) is 0 Å². The second-order valence-electron chi connectivity index (χ2n) is 9.37. The van der Waals surface area contributed by atoms with E-state index in [9.17, 15) is 4.79 Å². The summed E-state index contributed by atoms with van der Waals surface area (Å²) in [4.78, 5) is 18.8. The molecule has 7 heteroatoms. The largest absolute Gasteiger partial charge is 0.461 e. The molecule has 33 heavy (non-hydrogen) atoms. The first-order chi connectivity index (χ1) is 15.8. The van der Waals surface area contributed by atoms with Gasteiger partial charge >= 0.3 is 5.97 Å². The van der Waals surface area contributed by atoms with Crippen LogP contribution < -0.4 is 15.3 Å². The highest BCUT2D eigenvalue weighted by Gasteiger charge is 2.52. The summed E-state index contributed by atoms with van der Waals surface area (Å²) in [5.41, 5.74) is 0.383. The van der Waals surface area contributed by atoms with Crippen molar-refractivity contribution >= 4 is 41.1 Å². The highest BCUT2D eigenvalue weighted by molar-refractivity contribution is 7.14. The molecule has 3 aromatic rings. The number of carbonyl (C=O) groups excluding carboxylic acids is 1. The van der Waals surface area contributed by atoms with E-state index >= 15 is 0 Å². The average molecular weight is 481 g/mol. The van der Waals surface area contributed by atoms with Crippen molar-refractivity contribution in [3.05, 3.63) is 71.7 Å². The third kappa shape index (κ3) is 4.76. The molecule has 2 aromatic carbocycles. The fourth-order valence-electron chi connectivity index (χ4n) is 4.65. The second-order valence-corrected chi connectivity index (χ2v) is 14.5. The molecule has 1 saturated heterocycles. The van der Waals surface area contributed by atoms with Crippen LogP contribution in [0.15, 0.2) is 66.0 Å². The molecule has 1 unspecified atom stereocenters. The van der Waals surface area contributed by atoms with E-state index in [1.807, 2.05) is 0 Å². The molecule has 2 heterocycles. The van der Waals surface area contributed by atoms with Crippen molar-refractivity contribution in [2.75, 3.05) is 24.6 Å². The molecule has 0 spiro atoms. The molecule has 0 aliphatic carbocycles. The number of anilines is 1. The van der Waals surface area contributed by atoms with Gasteiger partial charge in [0.25, 0.3) is 8.32 Å². The Bertz CT molecular complexity index is 1030. The van der Waals surface area contributed by atoms with Crippen LogP contribution in [0.5, 0.6) is 0 Å². The molecular weight excluding hydrogens is 448 g/mol. The number of nitrogens with zero attached hydrogens (tertiary/aromatic N) is 2. The lowest BCUT2D eigenvalue weighted by atomic mass is 10.2. The Labute approximate surface area is 201 Å². The van der Waals surface area contributed by atoms with Gasteiger partial charge in [0.1, 0.15) is 0 Å². The smallest absolute Gasteiger partial charge is 0.357 e. The first kappa shape index (κ1) is 23.7. The van der Waals surface area contributed by atoms with Crippen molar-refractivity contribution in [2.45, 2.75) is 45.3 Å². The predicted octanol–water partition coefficient (Wildman–Crippen LogP) is 4.48. The topological polar surface area (TPSA) is 51.7 Å². The van der Waals surface area contributed by atoms with Gasteiger partial charge in [-0.1, -0.05) is 81.4 Å². The zero-order chi connectivity index (χ0) is 23.5. The van der Waals surface area contributed by atoms with Crippen molar-refractivity contribution in [1.82, 2.24) is 4.98 Å². The average Bonchev–Trinajstić information content (AvgIpc) is 3.48. The molecule has 1 atom stereocenters. The van der Waals surface area contributed by atoms with Gasteiger partial charge in [-0.25, -0.2) is 9.78 Å². The van der Waals surface area contributed by atoms with Crippen LogP contribution in [-0.4, -0.2) is 45.1 Å². The molecule has 0 amide bonds. The van der Waals surface area contributed by atoms with E-state index in [1.165, 1.54) is 21.7 Å². The van der Waals surface area contributed by atoms with E-state index in [2.05, 4.69) is 91.3 Å². The first-order valence-electron chi connectivity index (χ1n) is 11.5. The van der Waals surface area contributed by atoms with Crippen molar-refractivity contribution in [3.8, 4) is 0 Å². The normalized spacial score (nSPS) is 16.7. The van der Waals surface area contributed by atoms with Gasteiger partial charge in [0.15, 0.2) is 10.8 Å². The monoisotopic (exact) mass is 480 g/mol. The Hall–Kier alpha value is -2.48. The van der Waals surface area contributed by atoms with E-state index in [4.69, 9.17) is 9.16 Å². The highest BCUT2D eigenvalue weighted by Crippen LogP contribution is 2.39. The van der Waals surface area contributed by atoms with Crippen LogP contribution in [-0.2, 0) is 9.16 Å². The van der Waals surface area contributed by atoms with Crippen LogP contribution in [0, 0.1) is 0 Å². The number of benzene rings is 2. The zero-order valence-electron chi connectivity index (χ0n) is 19.8. The molecule has 1 fully saturated rings. The molecule has 0 radical (unpaired) electrons. The minimum absolute atomic E-state index is 0.0542. The van der Waals surface area contributed by atoms with Crippen LogP contribution in [0.2, 0.25) is 5.04 Å². The fourth-order valence-corrected chi connectivity index (χ4v) is 10.2. The van der Waals surface area contributed by atoms with Gasteiger partial charge in [0.05, 0.1) is 12.7 Å². The van der Waals surface area contributed by atoms with Crippen LogP contribution >= 0.6 is 11.3 Å². The Morgan fingerprint density at radius 3 is 2.24 bits per heavy atom. The maximum atomic E-state index is 12.0. The molecule has 0 N–H and O–H groups in total. The van der Waals surface area contributed by atoms with Crippen molar-refractivity contribution in [2.24, 2.45) is 0 Å². The summed E-state index contributed by atoms with van der Waals surface area (Å²) in [6.07, 6.45) is 1.02. The maximum absolute atomic E-state index is 12.0. The Morgan fingerprint density at radius 2 is 1.70 bits per heavy atom. The third-order valence-corrected chi connectivity index (χ3v) is 12.1. The number of rotatable bonds is 7. The third-order valence-electron chi connectivity index (χ3n) is 6.15. The number of thiazole rings is 1. The minimum atomic E-state index is -2.59. The van der Waals surface area contributed by atoms with E-state index < -0.39 is 8.32 Å². The summed E-state index contributed by atoms with van der Waals surface area (Å²) >= 11 is 1.49. The fraction of sp³-hybridized carbons (Fsp3) is 0.385. The first-order valence-corrected chi connectivity index (χ1v) is 14.3. The quantitative estimate of drug-likeness (QED) is 0.369. The van der Waals surface area contributed by atoms with Crippen molar-refractivity contribution in [1.29, 1.82) is 0 Å². The Morgan fingerprint density at radius 1 is 1.09 bits per heavy atom. The minimum Gasteiger partial charge on any atom is -0.461 e. The van der Waals surface area contributed by atoms with Crippen molar-refractivity contribution in [3.63, 3.8) is 0 Å². The van der Waals surface area contributed by atoms with E-state index in [1.54, 1.807) is 12.3 Å². The van der Waals surface area contributed by atoms with Gasteiger partial charge in [-0.2, -0.15) is 0 Å². The predicted molar refractivity (Wildman–Crippen MR) is 137 cm³/mol. The van der Waals surface area contributed by atoms with Gasteiger partial charge in [0, 0.05) is 18.5 Å². The maximum Gasteiger partial charge on any atom is 0.357 e. The highest BCUT2D eigenvalue weighted by atomic mass is 32.1. The summed E-state index contributed by atoms with van der Waals surface area (Å²) in [5, 5.41) is 5.17. The summed E-state index contributed by atoms with van der Waals surface area (Å²) in [6.45, 7) is 10.7. The van der Waals surface area contributed by atoms with E-state index in [0.717, 1.165) is 24.6 Å². The van der Waals surface area contributed by atoms with Crippen LogP contribution in [0.25, 0.3) is 0 Å². The van der Waals surface area contributed by atoms with Gasteiger partial charge in [-0.05, 0) is 28.8 Å². The summed E-state index contributed by atoms with van der Waals surface area (Å²) in [5.74, 6) is -0.362. The standard InChI is InChI=1S/C26H32N2O3SSi/c1-5-30-24(29)23-19-32-25(27-23)28-17-16-20(18-28)31-33(26(2,3)4,21-12-8-6-9-13-21)22-14-10-7-11-15-22/h6-15,19-20H,5,16-18H2,1-4H3. The summed E-state index contributed by atoms with van der Waals surface area (Å²) in [7, 11) is -2.59.